The number of aromatic nitrogens is 1. The Labute approximate surface area is 145 Å². The lowest BCUT2D eigenvalue weighted by molar-refractivity contribution is -0.122. The number of carbonyl (C=O) groups is 1. The molecule has 0 spiro atoms. The molecule has 6 nitrogen and oxygen atoms in total. The fourth-order valence-corrected chi connectivity index (χ4v) is 2.67. The van der Waals surface area contributed by atoms with Gasteiger partial charge in [-0.2, -0.15) is 0 Å². The molecule has 0 radical (unpaired) electrons. The predicted molar refractivity (Wildman–Crippen MR) is 98.2 cm³/mol. The molecule has 24 heavy (non-hydrogen) atoms. The second kappa shape index (κ2) is 8.99. The molecule has 6 heteroatoms. The van der Waals surface area contributed by atoms with Gasteiger partial charge in [0.05, 0.1) is 6.54 Å². The van der Waals surface area contributed by atoms with E-state index in [-0.39, 0.29) is 5.91 Å². The maximum atomic E-state index is 11.9. The van der Waals surface area contributed by atoms with E-state index < -0.39 is 0 Å². The van der Waals surface area contributed by atoms with Crippen molar-refractivity contribution in [3.63, 3.8) is 0 Å². The molecule has 0 saturated carbocycles. The maximum absolute atomic E-state index is 11.9. The van der Waals surface area contributed by atoms with Gasteiger partial charge in [-0.15, -0.1) is 0 Å². The van der Waals surface area contributed by atoms with Crippen LogP contribution in [-0.2, 0) is 11.3 Å². The lowest BCUT2D eigenvalue weighted by Crippen LogP contribution is -2.46. The van der Waals surface area contributed by atoms with Crippen LogP contribution in [0.25, 0.3) is 0 Å². The number of rotatable bonds is 7. The zero-order valence-corrected chi connectivity index (χ0v) is 15.5. The summed E-state index contributed by atoms with van der Waals surface area (Å²) in [5.41, 5.74) is 1.03. The molecule has 2 heterocycles. The summed E-state index contributed by atoms with van der Waals surface area (Å²) in [6.07, 6.45) is 1.87. The average molecular weight is 333 g/mol. The molecule has 2 rings (SSSR count). The van der Waals surface area contributed by atoms with Gasteiger partial charge in [-0.25, -0.2) is 4.98 Å². The highest BCUT2D eigenvalue weighted by Gasteiger charge is 2.16. The number of amides is 1. The van der Waals surface area contributed by atoms with Gasteiger partial charge in [-0.3, -0.25) is 9.69 Å². The van der Waals surface area contributed by atoms with Crippen LogP contribution in [0.2, 0.25) is 0 Å². The lowest BCUT2D eigenvalue weighted by Gasteiger charge is -2.34. The Morgan fingerprint density at radius 2 is 2.00 bits per heavy atom. The molecule has 1 fully saturated rings. The van der Waals surface area contributed by atoms with Crippen molar-refractivity contribution in [3.8, 4) is 0 Å². The molecule has 1 aromatic heterocycles. The molecule has 0 bridgehead atoms. The van der Waals surface area contributed by atoms with Crippen molar-refractivity contribution >= 4 is 11.7 Å². The van der Waals surface area contributed by atoms with Crippen LogP contribution in [0.15, 0.2) is 18.3 Å². The van der Waals surface area contributed by atoms with E-state index in [2.05, 4.69) is 53.0 Å². The smallest absolute Gasteiger partial charge is 0.234 e. The molecule has 1 aromatic rings. The highest BCUT2D eigenvalue weighted by atomic mass is 16.2. The first kappa shape index (κ1) is 18.7. The summed E-state index contributed by atoms with van der Waals surface area (Å²) in [5.74, 6) is 1.08. The second-order valence-electron chi connectivity index (χ2n) is 6.73. The van der Waals surface area contributed by atoms with E-state index in [0.29, 0.717) is 19.1 Å². The summed E-state index contributed by atoms with van der Waals surface area (Å²) in [7, 11) is 1.96. The zero-order chi connectivity index (χ0) is 17.5. The van der Waals surface area contributed by atoms with Crippen LogP contribution in [0.3, 0.4) is 0 Å². The number of anilines is 1. The summed E-state index contributed by atoms with van der Waals surface area (Å²) in [5, 5.41) is 2.96. The van der Waals surface area contributed by atoms with E-state index in [1.807, 2.05) is 18.1 Å². The van der Waals surface area contributed by atoms with Gasteiger partial charge >= 0.3 is 0 Å². The first-order valence-electron chi connectivity index (χ1n) is 8.88. The van der Waals surface area contributed by atoms with Gasteiger partial charge in [0.15, 0.2) is 0 Å². The molecule has 1 saturated heterocycles. The minimum Gasteiger partial charge on any atom is -0.354 e. The van der Waals surface area contributed by atoms with Crippen molar-refractivity contribution in [2.24, 2.45) is 0 Å². The van der Waals surface area contributed by atoms with E-state index in [1.165, 1.54) is 0 Å². The Bertz CT molecular complexity index is 509. The highest BCUT2D eigenvalue weighted by molar-refractivity contribution is 5.78. The molecular weight excluding hydrogens is 302 g/mol. The minimum absolute atomic E-state index is 0.0472. The fraction of sp³-hybridized carbons (Fsp3) is 0.667. The van der Waals surface area contributed by atoms with E-state index in [1.54, 1.807) is 0 Å². The van der Waals surface area contributed by atoms with Crippen LogP contribution >= 0.6 is 0 Å². The number of piperazine rings is 1. The molecule has 1 N–H and O–H groups in total. The maximum Gasteiger partial charge on any atom is 0.234 e. The summed E-state index contributed by atoms with van der Waals surface area (Å²) in [6.45, 7) is 12.7. The first-order chi connectivity index (χ1) is 11.5. The normalized spacial score (nSPS) is 16.0. The monoisotopic (exact) mass is 333 g/mol. The Kier molecular flexibility index (Phi) is 6.99. The van der Waals surface area contributed by atoms with Gasteiger partial charge in [-0.1, -0.05) is 13.0 Å². The first-order valence-corrected chi connectivity index (χ1v) is 8.88. The third-order valence-electron chi connectivity index (χ3n) is 4.72. The Hall–Kier alpha value is -1.66. The molecular formula is C18H31N5O. The van der Waals surface area contributed by atoms with Crippen LogP contribution in [0, 0.1) is 0 Å². The van der Waals surface area contributed by atoms with Crippen LogP contribution in [0.5, 0.6) is 0 Å². The van der Waals surface area contributed by atoms with Gasteiger partial charge in [0.2, 0.25) is 5.91 Å². The standard InChI is InChI=1S/C18H31N5O/c1-5-22-8-10-23(11-9-22)17-7-6-16(12-19-17)13-20-18(24)14-21(4)15(2)3/h6-7,12,15H,5,8-11,13-14H2,1-4H3,(H,20,24). The number of hydrogen-bond donors (Lipinski definition) is 1. The van der Waals surface area contributed by atoms with Gasteiger partial charge < -0.3 is 15.1 Å². The summed E-state index contributed by atoms with van der Waals surface area (Å²) >= 11 is 0. The van der Waals surface area contributed by atoms with Crippen molar-refractivity contribution in [1.29, 1.82) is 0 Å². The van der Waals surface area contributed by atoms with E-state index in [4.69, 9.17) is 0 Å². The van der Waals surface area contributed by atoms with Crippen LogP contribution in [-0.4, -0.2) is 73.0 Å². The topological polar surface area (TPSA) is 51.7 Å². The number of pyridine rings is 1. The van der Waals surface area contributed by atoms with Crippen molar-refractivity contribution in [1.82, 2.24) is 20.1 Å². The third kappa shape index (κ3) is 5.46. The average Bonchev–Trinajstić information content (AvgIpc) is 2.60. The largest absolute Gasteiger partial charge is 0.354 e. The van der Waals surface area contributed by atoms with Gasteiger partial charge in [-0.05, 0) is 39.1 Å². The number of nitrogens with one attached hydrogen (secondary N) is 1. The van der Waals surface area contributed by atoms with Crippen molar-refractivity contribution < 1.29 is 4.79 Å². The molecule has 134 valence electrons. The molecule has 0 aliphatic carbocycles. The Balaban J connectivity index is 1.79. The summed E-state index contributed by atoms with van der Waals surface area (Å²) < 4.78 is 0. The number of hydrogen-bond acceptors (Lipinski definition) is 5. The van der Waals surface area contributed by atoms with E-state index in [9.17, 15) is 4.79 Å². The molecule has 1 aliphatic heterocycles. The van der Waals surface area contributed by atoms with E-state index >= 15 is 0 Å². The molecule has 0 aromatic carbocycles. The van der Waals surface area contributed by atoms with Crippen molar-refractivity contribution in [2.45, 2.75) is 33.4 Å². The van der Waals surface area contributed by atoms with E-state index in [0.717, 1.165) is 44.1 Å². The zero-order valence-electron chi connectivity index (χ0n) is 15.5. The van der Waals surface area contributed by atoms with Crippen LogP contribution in [0.4, 0.5) is 5.82 Å². The predicted octanol–water partition coefficient (Wildman–Crippen LogP) is 1.18. The van der Waals surface area contributed by atoms with Crippen molar-refractivity contribution in [3.05, 3.63) is 23.9 Å². The van der Waals surface area contributed by atoms with Crippen LogP contribution < -0.4 is 10.2 Å². The number of likely N-dealkylation sites (N-methyl/N-ethyl adjacent to an activating group) is 2. The SMILES string of the molecule is CCN1CCN(c2ccc(CNC(=O)CN(C)C(C)C)cn2)CC1. The van der Waals surface area contributed by atoms with Gasteiger partial charge in [0.1, 0.15) is 5.82 Å². The quantitative estimate of drug-likeness (QED) is 0.812. The minimum atomic E-state index is 0.0472. The second-order valence-corrected chi connectivity index (χ2v) is 6.73. The molecule has 1 amide bonds. The summed E-state index contributed by atoms with van der Waals surface area (Å²) in [4.78, 5) is 23.3. The Morgan fingerprint density at radius 1 is 1.29 bits per heavy atom. The molecule has 1 aliphatic rings. The molecule has 0 unspecified atom stereocenters. The van der Waals surface area contributed by atoms with Crippen molar-refractivity contribution in [2.75, 3.05) is 51.2 Å². The Morgan fingerprint density at radius 3 is 2.54 bits per heavy atom. The highest BCUT2D eigenvalue weighted by Crippen LogP contribution is 2.14. The molecule has 0 atom stereocenters. The number of carbonyl (C=O) groups excluding carboxylic acids is 1. The fourth-order valence-electron chi connectivity index (χ4n) is 2.67. The van der Waals surface area contributed by atoms with Gasteiger partial charge in [0, 0.05) is 45.0 Å². The lowest BCUT2D eigenvalue weighted by atomic mass is 10.2. The third-order valence-corrected chi connectivity index (χ3v) is 4.72. The van der Waals surface area contributed by atoms with Gasteiger partial charge in [0.25, 0.3) is 0 Å². The summed E-state index contributed by atoms with van der Waals surface area (Å²) in [6, 6.07) is 4.48. The van der Waals surface area contributed by atoms with Crippen LogP contribution in [0.1, 0.15) is 26.3 Å². The number of nitrogens with zero attached hydrogens (tertiary/aromatic N) is 4.